The van der Waals surface area contributed by atoms with Crippen molar-refractivity contribution in [1.29, 1.82) is 0 Å². The summed E-state index contributed by atoms with van der Waals surface area (Å²) in [5.41, 5.74) is 13.5. The second-order valence-corrected chi connectivity index (χ2v) is 6.87. The number of rotatable bonds is 2. The van der Waals surface area contributed by atoms with Gasteiger partial charge in [-0.15, -0.1) is 0 Å². The zero-order valence-electron chi connectivity index (χ0n) is 16.3. The molecule has 0 spiro atoms. The maximum atomic E-state index is 12.9. The second kappa shape index (κ2) is 8.75. The predicted molar refractivity (Wildman–Crippen MR) is 120 cm³/mol. The molecule has 0 unspecified atom stereocenters. The lowest BCUT2D eigenvalue weighted by molar-refractivity contribution is 0.888. The van der Waals surface area contributed by atoms with Gasteiger partial charge < -0.3 is 11.5 Å². The highest BCUT2D eigenvalue weighted by Crippen LogP contribution is 2.19. The molecule has 0 saturated heterocycles. The van der Waals surface area contributed by atoms with Crippen LogP contribution in [0.5, 0.6) is 0 Å². The van der Waals surface area contributed by atoms with E-state index in [1.54, 1.807) is 0 Å². The van der Waals surface area contributed by atoms with Crippen LogP contribution in [0.15, 0.2) is 65.6 Å². The molecule has 4 aromatic rings. The molecule has 2 aromatic heterocycles. The molecule has 0 amide bonds. The van der Waals surface area contributed by atoms with Crippen LogP contribution in [0.1, 0.15) is 18.2 Å². The quantitative estimate of drug-likeness (QED) is 0.519. The first-order valence-corrected chi connectivity index (χ1v) is 9.53. The zero-order chi connectivity index (χ0) is 21.0. The van der Waals surface area contributed by atoms with E-state index in [0.29, 0.717) is 5.02 Å². The lowest BCUT2D eigenvalue weighted by Crippen LogP contribution is -2.22. The molecule has 29 heavy (non-hydrogen) atoms. The van der Waals surface area contributed by atoms with Crippen LogP contribution in [0.3, 0.4) is 0 Å². The number of anilines is 2. The number of fused-ring (bicyclic) bond motifs is 1. The normalized spacial score (nSPS) is 10.4. The number of hydrogen-bond acceptors (Lipinski definition) is 5. The maximum absolute atomic E-state index is 12.9. The van der Waals surface area contributed by atoms with Gasteiger partial charge in [-0.05, 0) is 42.5 Å². The van der Waals surface area contributed by atoms with Gasteiger partial charge in [0.2, 0.25) is 5.95 Å². The predicted octanol–water partition coefficient (Wildman–Crippen LogP) is 4.16. The summed E-state index contributed by atoms with van der Waals surface area (Å²) in [5.74, 6) is 0.348. The number of benzene rings is 2. The molecule has 4 N–H and O–H groups in total. The topological polar surface area (TPSA) is 99.8 Å². The van der Waals surface area contributed by atoms with Crippen LogP contribution >= 0.6 is 11.6 Å². The maximum Gasteiger partial charge on any atom is 0.263 e. The highest BCUT2D eigenvalue weighted by molar-refractivity contribution is 6.32. The van der Waals surface area contributed by atoms with E-state index < -0.39 is 0 Å². The number of hydrogen-bond donors (Lipinski definition) is 2. The standard InChI is InChI=1S/C18H17NO.C4H5ClN4/c1-3-15-12-14-9-7-8-13(2)17(14)18(20)19(15)16-10-5-4-6-11-16;5-2-1-8-4(7)9-3(2)6/h4-12H,3H2,1-2H3;1H,(H4,6,7,8,9). The van der Waals surface area contributed by atoms with Crippen molar-refractivity contribution < 1.29 is 0 Å². The smallest absolute Gasteiger partial charge is 0.263 e. The fourth-order valence-electron chi connectivity index (χ4n) is 3.10. The Morgan fingerprint density at radius 1 is 1.07 bits per heavy atom. The minimum absolute atomic E-state index is 0.0728. The van der Waals surface area contributed by atoms with Crippen molar-refractivity contribution in [3.05, 3.63) is 87.4 Å². The summed E-state index contributed by atoms with van der Waals surface area (Å²) in [6.07, 6.45) is 2.19. The highest BCUT2D eigenvalue weighted by atomic mass is 35.5. The Bertz CT molecular complexity index is 1210. The SMILES string of the molecule is CCc1cc2cccc(C)c2c(=O)n1-c1ccccc1.Nc1ncc(Cl)c(N)n1. The van der Waals surface area contributed by atoms with Gasteiger partial charge in [-0.25, -0.2) is 4.98 Å². The van der Waals surface area contributed by atoms with E-state index in [9.17, 15) is 4.79 Å². The van der Waals surface area contributed by atoms with Crippen molar-refractivity contribution >= 4 is 34.1 Å². The molecule has 0 saturated carbocycles. The minimum atomic E-state index is 0.0728. The van der Waals surface area contributed by atoms with Gasteiger partial charge in [-0.1, -0.05) is 54.9 Å². The minimum Gasteiger partial charge on any atom is -0.382 e. The molecule has 2 aromatic carbocycles. The van der Waals surface area contributed by atoms with Crippen molar-refractivity contribution in [2.45, 2.75) is 20.3 Å². The van der Waals surface area contributed by atoms with Gasteiger partial charge in [0.25, 0.3) is 5.56 Å². The van der Waals surface area contributed by atoms with Crippen molar-refractivity contribution in [3.8, 4) is 5.69 Å². The fraction of sp³-hybridized carbons (Fsp3) is 0.136. The third kappa shape index (κ3) is 4.38. The molecule has 0 aliphatic rings. The largest absolute Gasteiger partial charge is 0.382 e. The van der Waals surface area contributed by atoms with Crippen molar-refractivity contribution in [3.63, 3.8) is 0 Å². The molecule has 7 heteroatoms. The number of para-hydroxylation sites is 1. The molecule has 2 heterocycles. The van der Waals surface area contributed by atoms with Crippen LogP contribution in [-0.4, -0.2) is 14.5 Å². The Hall–Kier alpha value is -3.38. The first kappa shape index (κ1) is 20.4. The van der Waals surface area contributed by atoms with Crippen molar-refractivity contribution in [2.75, 3.05) is 11.5 Å². The molecule has 0 fully saturated rings. The number of halogens is 1. The molecular formula is C22H22ClN5O. The lowest BCUT2D eigenvalue weighted by Gasteiger charge is -2.14. The van der Waals surface area contributed by atoms with Gasteiger partial charge in [0, 0.05) is 11.4 Å². The number of pyridine rings is 1. The van der Waals surface area contributed by atoms with Crippen molar-refractivity contribution in [2.24, 2.45) is 0 Å². The molecule has 0 atom stereocenters. The summed E-state index contributed by atoms with van der Waals surface area (Å²) in [7, 11) is 0. The summed E-state index contributed by atoms with van der Waals surface area (Å²) in [5, 5.41) is 2.16. The van der Waals surface area contributed by atoms with E-state index >= 15 is 0 Å². The van der Waals surface area contributed by atoms with Crippen LogP contribution < -0.4 is 17.0 Å². The molecule has 0 bridgehead atoms. The molecule has 4 rings (SSSR count). The van der Waals surface area contributed by atoms with E-state index in [2.05, 4.69) is 23.0 Å². The first-order chi connectivity index (χ1) is 13.9. The summed E-state index contributed by atoms with van der Waals surface area (Å²) >= 11 is 5.48. The molecule has 0 aliphatic carbocycles. The first-order valence-electron chi connectivity index (χ1n) is 9.15. The van der Waals surface area contributed by atoms with E-state index in [1.807, 2.05) is 60.0 Å². The summed E-state index contributed by atoms with van der Waals surface area (Å²) in [6, 6.07) is 18.0. The number of nitrogens with zero attached hydrogens (tertiary/aromatic N) is 3. The number of nitrogens with two attached hydrogens (primary N) is 2. The monoisotopic (exact) mass is 407 g/mol. The second-order valence-electron chi connectivity index (χ2n) is 6.47. The van der Waals surface area contributed by atoms with E-state index in [0.717, 1.165) is 34.1 Å². The Morgan fingerprint density at radius 2 is 1.79 bits per heavy atom. The van der Waals surface area contributed by atoms with Gasteiger partial charge in [0.1, 0.15) is 10.8 Å². The van der Waals surface area contributed by atoms with Crippen LogP contribution in [0.4, 0.5) is 11.8 Å². The number of aryl methyl sites for hydroxylation is 2. The molecule has 148 valence electrons. The lowest BCUT2D eigenvalue weighted by atomic mass is 10.1. The summed E-state index contributed by atoms with van der Waals surface area (Å²) < 4.78 is 1.83. The van der Waals surface area contributed by atoms with E-state index in [1.165, 1.54) is 6.20 Å². The van der Waals surface area contributed by atoms with E-state index in [4.69, 9.17) is 23.1 Å². The molecular weight excluding hydrogens is 386 g/mol. The van der Waals surface area contributed by atoms with Crippen LogP contribution in [0.2, 0.25) is 5.02 Å². The Labute approximate surface area is 173 Å². The van der Waals surface area contributed by atoms with Crippen LogP contribution in [0, 0.1) is 6.92 Å². The Morgan fingerprint density at radius 3 is 2.41 bits per heavy atom. The Kier molecular flexibility index (Phi) is 6.14. The molecule has 0 aliphatic heterocycles. The zero-order valence-corrected chi connectivity index (χ0v) is 17.0. The summed E-state index contributed by atoms with van der Waals surface area (Å²) in [4.78, 5) is 20.1. The number of nitrogen functional groups attached to an aromatic ring is 2. The van der Waals surface area contributed by atoms with Crippen molar-refractivity contribution in [1.82, 2.24) is 14.5 Å². The van der Waals surface area contributed by atoms with Gasteiger partial charge in [-0.2, -0.15) is 4.98 Å². The average Bonchev–Trinajstić information content (AvgIpc) is 2.72. The van der Waals surface area contributed by atoms with Gasteiger partial charge in [0.15, 0.2) is 0 Å². The molecule has 0 radical (unpaired) electrons. The van der Waals surface area contributed by atoms with Crippen LogP contribution in [0.25, 0.3) is 16.5 Å². The van der Waals surface area contributed by atoms with Gasteiger partial charge in [-0.3, -0.25) is 9.36 Å². The number of aromatic nitrogens is 3. The summed E-state index contributed by atoms with van der Waals surface area (Å²) in [6.45, 7) is 4.07. The molecule has 6 nitrogen and oxygen atoms in total. The van der Waals surface area contributed by atoms with Crippen LogP contribution in [-0.2, 0) is 6.42 Å². The van der Waals surface area contributed by atoms with Gasteiger partial charge in [0.05, 0.1) is 11.6 Å². The van der Waals surface area contributed by atoms with E-state index in [-0.39, 0.29) is 17.3 Å². The highest BCUT2D eigenvalue weighted by Gasteiger charge is 2.11. The fourth-order valence-corrected chi connectivity index (χ4v) is 3.20. The third-order valence-electron chi connectivity index (χ3n) is 4.50. The average molecular weight is 408 g/mol. The third-order valence-corrected chi connectivity index (χ3v) is 4.79. The van der Waals surface area contributed by atoms with Gasteiger partial charge >= 0.3 is 0 Å². The Balaban J connectivity index is 0.000000224.